The van der Waals surface area contributed by atoms with Gasteiger partial charge in [-0.05, 0) is 19.3 Å². The third-order valence-corrected chi connectivity index (χ3v) is 1.36. The van der Waals surface area contributed by atoms with Gasteiger partial charge in [-0.1, -0.05) is 40.0 Å². The Hall–Kier alpha value is -0.720. The molecule has 0 aliphatic heterocycles. The monoisotopic (exact) mass is 376 g/mol. The van der Waals surface area contributed by atoms with Crippen LogP contribution in [0.25, 0.3) is 0 Å². The maximum Gasteiger partial charge on any atom is 3.00 e. The number of rotatable bonds is 6. The van der Waals surface area contributed by atoms with E-state index in [0.29, 0.717) is 19.3 Å². The van der Waals surface area contributed by atoms with Gasteiger partial charge in [-0.3, -0.25) is 0 Å². The molecular weight excluding hydrogens is 355 g/mol. The first-order valence-electron chi connectivity index (χ1n) is 5.91. The van der Waals surface area contributed by atoms with Crippen LogP contribution in [-0.2, 0) is 14.4 Å². The Kier molecular flexibility index (Phi) is 31.6. The third-order valence-electron chi connectivity index (χ3n) is 1.36. The summed E-state index contributed by atoms with van der Waals surface area (Å²) < 4.78 is 0. The van der Waals surface area contributed by atoms with Crippen molar-refractivity contribution < 1.29 is 29.7 Å². The SMILES string of the molecule is CCCC(=O)[O-].CCCC(=O)[O-].CCCC(=O)[O-].[In+3]. The van der Waals surface area contributed by atoms with Gasteiger partial charge < -0.3 is 29.7 Å². The molecular formula is C12H21InO6. The zero-order chi connectivity index (χ0) is 15.0. The molecule has 0 atom stereocenters. The van der Waals surface area contributed by atoms with Crippen molar-refractivity contribution in [3.63, 3.8) is 0 Å². The van der Waals surface area contributed by atoms with Crippen LogP contribution in [0.5, 0.6) is 0 Å². The molecule has 0 N–H and O–H groups in total. The van der Waals surface area contributed by atoms with Crippen molar-refractivity contribution in [2.75, 3.05) is 0 Å². The molecule has 108 valence electrons. The van der Waals surface area contributed by atoms with Crippen molar-refractivity contribution in [2.45, 2.75) is 59.3 Å². The average molecular weight is 376 g/mol. The van der Waals surface area contributed by atoms with E-state index in [1.54, 1.807) is 20.8 Å². The second-order valence-electron chi connectivity index (χ2n) is 3.37. The molecule has 0 amide bonds. The van der Waals surface area contributed by atoms with E-state index in [2.05, 4.69) is 0 Å². The fourth-order valence-electron chi connectivity index (χ4n) is 0.612. The van der Waals surface area contributed by atoms with E-state index in [4.69, 9.17) is 0 Å². The molecule has 19 heavy (non-hydrogen) atoms. The van der Waals surface area contributed by atoms with Crippen molar-refractivity contribution >= 4 is 43.8 Å². The summed E-state index contributed by atoms with van der Waals surface area (Å²) in [7, 11) is 0. The minimum atomic E-state index is -0.961. The maximum atomic E-state index is 9.49. The van der Waals surface area contributed by atoms with Crippen LogP contribution in [-0.4, -0.2) is 43.8 Å². The van der Waals surface area contributed by atoms with E-state index < -0.39 is 17.9 Å². The van der Waals surface area contributed by atoms with Gasteiger partial charge in [-0.2, -0.15) is 0 Å². The molecule has 7 heteroatoms. The molecule has 6 nitrogen and oxygen atoms in total. The van der Waals surface area contributed by atoms with Gasteiger partial charge in [-0.15, -0.1) is 0 Å². The van der Waals surface area contributed by atoms with Crippen molar-refractivity contribution in [3.05, 3.63) is 0 Å². The first-order valence-corrected chi connectivity index (χ1v) is 5.91. The molecule has 0 aromatic heterocycles. The van der Waals surface area contributed by atoms with Gasteiger partial charge in [-0.25, -0.2) is 0 Å². The van der Waals surface area contributed by atoms with Crippen LogP contribution in [0, 0.1) is 0 Å². The van der Waals surface area contributed by atoms with Gasteiger partial charge in [0.1, 0.15) is 0 Å². The summed E-state index contributed by atoms with van der Waals surface area (Å²) in [5, 5.41) is 28.5. The van der Waals surface area contributed by atoms with E-state index in [1.165, 1.54) is 0 Å². The first kappa shape index (κ1) is 26.8. The van der Waals surface area contributed by atoms with Crippen LogP contribution in [0.15, 0.2) is 0 Å². The molecule has 0 bridgehead atoms. The Labute approximate surface area is 133 Å². The topological polar surface area (TPSA) is 120 Å². The van der Waals surface area contributed by atoms with Crippen molar-refractivity contribution in [1.29, 1.82) is 0 Å². The van der Waals surface area contributed by atoms with E-state index in [0.717, 1.165) is 0 Å². The predicted molar refractivity (Wildman–Crippen MR) is 65.5 cm³/mol. The van der Waals surface area contributed by atoms with Crippen LogP contribution in [0.1, 0.15) is 59.3 Å². The van der Waals surface area contributed by atoms with Gasteiger partial charge in [0.15, 0.2) is 0 Å². The van der Waals surface area contributed by atoms with Crippen LogP contribution in [0.3, 0.4) is 0 Å². The summed E-state index contributed by atoms with van der Waals surface area (Å²) in [6.45, 7) is 5.40. The second-order valence-corrected chi connectivity index (χ2v) is 3.37. The average Bonchev–Trinajstić information content (AvgIpc) is 2.18. The number of hydrogen-bond acceptors (Lipinski definition) is 6. The van der Waals surface area contributed by atoms with Crippen LogP contribution in [0.2, 0.25) is 0 Å². The van der Waals surface area contributed by atoms with Crippen molar-refractivity contribution in [1.82, 2.24) is 0 Å². The number of carboxylic acid groups (broad SMARTS) is 3. The van der Waals surface area contributed by atoms with E-state index in [1.807, 2.05) is 0 Å². The molecule has 0 rings (SSSR count). The summed E-state index contributed by atoms with van der Waals surface area (Å²) in [4.78, 5) is 28.5. The molecule has 0 aliphatic carbocycles. The number of carbonyl (C=O) groups excluding carboxylic acids is 3. The fourth-order valence-corrected chi connectivity index (χ4v) is 0.612. The van der Waals surface area contributed by atoms with Gasteiger partial charge in [0.2, 0.25) is 0 Å². The third kappa shape index (κ3) is 58.8. The Morgan fingerprint density at radius 3 is 0.789 bits per heavy atom. The first-order chi connectivity index (χ1) is 8.31. The Bertz CT molecular complexity index is 192. The van der Waals surface area contributed by atoms with Crippen molar-refractivity contribution in [2.24, 2.45) is 0 Å². The van der Waals surface area contributed by atoms with Gasteiger partial charge in [0, 0.05) is 17.9 Å². The normalized spacial score (nSPS) is 7.74. The number of aliphatic carboxylic acids is 3. The Balaban J connectivity index is -0.0000000865. The number of hydrogen-bond donors (Lipinski definition) is 0. The smallest absolute Gasteiger partial charge is 0.550 e. The van der Waals surface area contributed by atoms with Crippen LogP contribution < -0.4 is 15.3 Å². The zero-order valence-electron chi connectivity index (χ0n) is 11.8. The molecule has 0 unspecified atom stereocenters. The molecule has 0 aliphatic rings. The van der Waals surface area contributed by atoms with Crippen LogP contribution >= 0.6 is 0 Å². The maximum absolute atomic E-state index is 9.49. The van der Waals surface area contributed by atoms with Crippen molar-refractivity contribution in [3.8, 4) is 0 Å². The number of carboxylic acids is 3. The van der Waals surface area contributed by atoms with E-state index in [9.17, 15) is 29.7 Å². The van der Waals surface area contributed by atoms with E-state index in [-0.39, 0.29) is 45.1 Å². The summed E-state index contributed by atoms with van der Waals surface area (Å²) in [6.07, 6.45) is 2.55. The van der Waals surface area contributed by atoms with E-state index >= 15 is 0 Å². The Morgan fingerprint density at radius 1 is 0.632 bits per heavy atom. The molecule has 0 aromatic rings. The summed E-state index contributed by atoms with van der Waals surface area (Å²) in [5.74, 6) is -2.88. The minimum Gasteiger partial charge on any atom is -0.550 e. The van der Waals surface area contributed by atoms with Gasteiger partial charge >= 0.3 is 25.8 Å². The van der Waals surface area contributed by atoms with Gasteiger partial charge in [0.05, 0.1) is 0 Å². The fraction of sp³-hybridized carbons (Fsp3) is 0.750. The summed E-state index contributed by atoms with van der Waals surface area (Å²) in [5.41, 5.74) is 0. The molecule has 0 spiro atoms. The minimum absolute atomic E-state index is 0. The largest absolute Gasteiger partial charge is 3.00 e. The van der Waals surface area contributed by atoms with Gasteiger partial charge in [0.25, 0.3) is 0 Å². The molecule has 0 aromatic carbocycles. The predicted octanol–water partition coefficient (Wildman–Crippen LogP) is -1.77. The molecule has 0 saturated heterocycles. The quantitative estimate of drug-likeness (QED) is 0.541. The van der Waals surface area contributed by atoms with Crippen LogP contribution in [0.4, 0.5) is 0 Å². The molecule has 0 fully saturated rings. The standard InChI is InChI=1S/3C4H8O2.In/c3*1-2-3-4(5)6;/h3*2-3H2,1H3,(H,5,6);/q;;;+3/p-3. The molecule has 0 saturated carbocycles. The zero-order valence-corrected chi connectivity index (χ0v) is 15.1. The molecule has 0 heterocycles. The number of carbonyl (C=O) groups is 3. The Morgan fingerprint density at radius 2 is 0.789 bits per heavy atom. The summed E-state index contributed by atoms with van der Waals surface area (Å²) in [6, 6.07) is 0. The summed E-state index contributed by atoms with van der Waals surface area (Å²) >= 11 is 0. The molecule has 0 radical (unpaired) electrons. The second kappa shape index (κ2) is 22.5.